The third-order valence-corrected chi connectivity index (χ3v) is 35.1. The Labute approximate surface area is 681 Å². The predicted molar refractivity (Wildman–Crippen MR) is 496 cm³/mol. The lowest BCUT2D eigenvalue weighted by atomic mass is 9.81. The van der Waals surface area contributed by atoms with Crippen molar-refractivity contribution < 1.29 is 0 Å². The SMILES string of the molecule is Cc1ccc(N(c2ccc([Si](c3ccccc3)(c3ccccc3)c3ccccc3)cc2)c2ccc3c(c2)C(C)(C)c2cc(/C=C/c4ccc5c(c4)C(C)(C)c4cc(/C=C/c6ccc7c(c6)C(C)(C)c6cc(N(c8ccc(C)cc8)c8ccc([Si](c9ccccc9)(c9ccccc9)c9ccccc9)cc8)ccc6-7)ccc4-5)ccc2-3)cc1. The minimum Gasteiger partial charge on any atom is -0.310 e. The fourth-order valence-electron chi connectivity index (χ4n) is 19.5. The van der Waals surface area contributed by atoms with E-state index in [0.29, 0.717) is 0 Å². The molecule has 0 saturated carbocycles. The largest absolute Gasteiger partial charge is 0.310 e. The zero-order chi connectivity index (χ0) is 78.2. The molecule has 2 nitrogen and oxygen atoms in total. The van der Waals surface area contributed by atoms with Crippen LogP contribution in [-0.2, 0) is 16.2 Å². The van der Waals surface area contributed by atoms with Crippen LogP contribution < -0.4 is 51.3 Å². The molecule has 115 heavy (non-hydrogen) atoms. The van der Waals surface area contributed by atoms with Crippen molar-refractivity contribution in [3.63, 3.8) is 0 Å². The second kappa shape index (κ2) is 28.9. The summed E-state index contributed by atoms with van der Waals surface area (Å²) in [7, 11) is -5.45. The van der Waals surface area contributed by atoms with Crippen molar-refractivity contribution >= 4 is 116 Å². The molecule has 0 atom stereocenters. The molecule has 0 aliphatic heterocycles. The van der Waals surface area contributed by atoms with Gasteiger partial charge in [-0.1, -0.05) is 392 Å². The summed E-state index contributed by atoms with van der Waals surface area (Å²) in [6.07, 6.45) is 9.24. The maximum atomic E-state index is 2.46. The van der Waals surface area contributed by atoms with Crippen molar-refractivity contribution in [1.29, 1.82) is 0 Å². The van der Waals surface area contributed by atoms with E-state index in [1.165, 1.54) is 142 Å². The van der Waals surface area contributed by atoms with E-state index < -0.39 is 16.1 Å². The monoisotopic (exact) mass is 1510 g/mol. The van der Waals surface area contributed by atoms with Crippen LogP contribution in [0.25, 0.3) is 57.7 Å². The summed E-state index contributed by atoms with van der Waals surface area (Å²) in [5.74, 6) is 0. The van der Waals surface area contributed by atoms with Gasteiger partial charge < -0.3 is 9.80 Å². The molecule has 0 bridgehead atoms. The number of fused-ring (bicyclic) bond motifs is 9. The fourth-order valence-corrected chi connectivity index (χ4v) is 29.0. The zero-order valence-corrected chi connectivity index (χ0v) is 68.7. The highest BCUT2D eigenvalue weighted by Crippen LogP contribution is 2.54. The molecule has 0 N–H and O–H groups in total. The molecule has 0 spiro atoms. The zero-order valence-electron chi connectivity index (χ0n) is 66.7. The second-order valence-electron chi connectivity index (χ2n) is 33.4. The molecule has 4 heteroatoms. The van der Waals surface area contributed by atoms with Gasteiger partial charge in [-0.25, -0.2) is 0 Å². The maximum absolute atomic E-state index is 2.72. The first-order chi connectivity index (χ1) is 56.1. The summed E-state index contributed by atoms with van der Waals surface area (Å²) < 4.78 is 0. The summed E-state index contributed by atoms with van der Waals surface area (Å²) >= 11 is 0. The molecule has 16 aromatic rings. The van der Waals surface area contributed by atoms with Gasteiger partial charge in [0.15, 0.2) is 16.1 Å². The summed E-state index contributed by atoms with van der Waals surface area (Å²) in [6, 6.07) is 147. The fraction of sp³-hybridized carbons (Fsp3) is 0.0991. The molecule has 0 aromatic heterocycles. The van der Waals surface area contributed by atoms with E-state index in [1.807, 2.05) is 0 Å². The molecule has 0 amide bonds. The van der Waals surface area contributed by atoms with Gasteiger partial charge >= 0.3 is 0 Å². The van der Waals surface area contributed by atoms with E-state index in [9.17, 15) is 0 Å². The molecular formula is C111H92N2Si2. The van der Waals surface area contributed by atoms with Crippen LogP contribution in [0, 0.1) is 13.8 Å². The van der Waals surface area contributed by atoms with Gasteiger partial charge in [0.25, 0.3) is 0 Å². The van der Waals surface area contributed by atoms with Crippen LogP contribution in [0.1, 0.15) is 108 Å². The normalized spacial score (nSPS) is 13.9. The Hall–Kier alpha value is -13.0. The van der Waals surface area contributed by atoms with Gasteiger partial charge in [0, 0.05) is 50.4 Å². The van der Waals surface area contributed by atoms with Crippen LogP contribution in [0.15, 0.2) is 388 Å². The second-order valence-corrected chi connectivity index (χ2v) is 41.0. The van der Waals surface area contributed by atoms with Crippen molar-refractivity contribution in [3.05, 3.63) is 455 Å². The van der Waals surface area contributed by atoms with Gasteiger partial charge in [-0.15, -0.1) is 0 Å². The van der Waals surface area contributed by atoms with Crippen molar-refractivity contribution in [1.82, 2.24) is 0 Å². The van der Waals surface area contributed by atoms with Crippen LogP contribution in [0.2, 0.25) is 0 Å². The molecule has 554 valence electrons. The summed E-state index contributed by atoms with van der Waals surface area (Å²) in [6.45, 7) is 18.7. The van der Waals surface area contributed by atoms with Gasteiger partial charge in [0.2, 0.25) is 0 Å². The lowest BCUT2D eigenvalue weighted by molar-refractivity contribution is 0.660. The quantitative estimate of drug-likeness (QED) is 0.0480. The van der Waals surface area contributed by atoms with E-state index in [1.54, 1.807) is 0 Å². The third kappa shape index (κ3) is 12.4. The van der Waals surface area contributed by atoms with Gasteiger partial charge in [-0.05, 0) is 217 Å². The van der Waals surface area contributed by atoms with Crippen LogP contribution in [-0.4, -0.2) is 16.1 Å². The summed E-state index contributed by atoms with van der Waals surface area (Å²) in [5.41, 5.74) is 29.3. The first-order valence-electron chi connectivity index (χ1n) is 40.6. The highest BCUT2D eigenvalue weighted by molar-refractivity contribution is 7.20. The van der Waals surface area contributed by atoms with E-state index in [4.69, 9.17) is 0 Å². The number of rotatable bonds is 18. The molecule has 16 aromatic carbocycles. The number of aryl methyl sites for hydroxylation is 2. The topological polar surface area (TPSA) is 6.48 Å². The Balaban J connectivity index is 0.566. The minimum atomic E-state index is -2.72. The maximum Gasteiger partial charge on any atom is 0.179 e. The van der Waals surface area contributed by atoms with Gasteiger partial charge in [0.1, 0.15) is 0 Å². The predicted octanol–water partition coefficient (Wildman–Crippen LogP) is 23.3. The highest BCUT2D eigenvalue weighted by Gasteiger charge is 2.45. The number of anilines is 6. The first-order valence-corrected chi connectivity index (χ1v) is 44.6. The van der Waals surface area contributed by atoms with Crippen molar-refractivity contribution in [2.24, 2.45) is 0 Å². The van der Waals surface area contributed by atoms with Gasteiger partial charge in [-0.3, -0.25) is 0 Å². The van der Waals surface area contributed by atoms with Crippen LogP contribution in [0.5, 0.6) is 0 Å². The Bertz CT molecular complexity index is 5800. The van der Waals surface area contributed by atoms with E-state index in [0.717, 1.165) is 34.1 Å². The summed E-state index contributed by atoms with van der Waals surface area (Å²) in [5, 5.41) is 10.9. The Kier molecular flexibility index (Phi) is 18.2. The van der Waals surface area contributed by atoms with Crippen LogP contribution in [0.4, 0.5) is 34.1 Å². The molecule has 3 aliphatic rings. The van der Waals surface area contributed by atoms with Gasteiger partial charge in [0.05, 0.1) is 0 Å². The molecule has 3 aliphatic carbocycles. The minimum absolute atomic E-state index is 0.194. The van der Waals surface area contributed by atoms with Crippen molar-refractivity contribution in [2.45, 2.75) is 71.6 Å². The van der Waals surface area contributed by atoms with E-state index >= 15 is 0 Å². The first kappa shape index (κ1) is 72.3. The molecule has 19 rings (SSSR count). The van der Waals surface area contributed by atoms with Gasteiger partial charge in [-0.2, -0.15) is 0 Å². The Morgan fingerprint density at radius 1 is 0.191 bits per heavy atom. The lowest BCUT2D eigenvalue weighted by Crippen LogP contribution is -2.74. The number of nitrogens with zero attached hydrogens (tertiary/aromatic N) is 2. The lowest BCUT2D eigenvalue weighted by Gasteiger charge is -2.35. The molecule has 0 fully saturated rings. The van der Waals surface area contributed by atoms with Crippen molar-refractivity contribution in [2.75, 3.05) is 9.80 Å². The van der Waals surface area contributed by atoms with Crippen LogP contribution >= 0.6 is 0 Å². The average molecular weight is 1510 g/mol. The molecular weight excluding hydrogens is 1420 g/mol. The van der Waals surface area contributed by atoms with E-state index in [-0.39, 0.29) is 16.2 Å². The number of hydrogen-bond donors (Lipinski definition) is 0. The number of hydrogen-bond acceptors (Lipinski definition) is 2. The van der Waals surface area contributed by atoms with Crippen LogP contribution in [0.3, 0.4) is 0 Å². The molecule has 0 radical (unpaired) electrons. The molecule has 0 unspecified atom stereocenters. The van der Waals surface area contributed by atoms with Crippen molar-refractivity contribution in [3.8, 4) is 33.4 Å². The Morgan fingerprint density at radius 3 is 0.600 bits per heavy atom. The standard InChI is InChI=1S/C111H92N2Si2/c1-77-39-51-83(52-40-77)112(85-55-61-95(62-56-85)114(89-27-15-9-16-28-89,90-29-17-10-18-30-90)91-31-19-11-20-32-91)87-59-69-101-99-67-49-81(73-105(99)110(5,6)107(101)75-87)45-43-79-47-65-97-98-66-48-80(72-104(98)109(3,4)103(97)71-79)44-46-82-50-68-100-102-70-60-88(76-108(102)111(7,8)106(100)74-82)113(84-53-41-78(2)42-54-84)86-57-63-96(64-58-86)115(92-33-21-12-22-34-92,93-35-23-13-24-36-93)94-37-25-14-26-38-94/h9-76H,1-8H3/b45-43+,46-44+. The molecule has 0 heterocycles. The Morgan fingerprint density at radius 2 is 0.374 bits per heavy atom. The molecule has 0 saturated heterocycles. The van der Waals surface area contributed by atoms with E-state index in [2.05, 4.69) is 478 Å². The summed E-state index contributed by atoms with van der Waals surface area (Å²) in [4.78, 5) is 4.89. The average Bonchev–Trinajstić information content (AvgIpc) is 1.64. The highest BCUT2D eigenvalue weighted by atomic mass is 28.3. The smallest absolute Gasteiger partial charge is 0.179 e. The third-order valence-electron chi connectivity index (χ3n) is 25.5. The number of benzene rings is 16.